The van der Waals surface area contributed by atoms with Crippen LogP contribution >= 0.6 is 11.6 Å². The summed E-state index contributed by atoms with van der Waals surface area (Å²) in [6.45, 7) is 1.42. The van der Waals surface area contributed by atoms with Crippen LogP contribution in [0, 0.1) is 0 Å². The molecule has 0 aliphatic rings. The maximum atomic E-state index is 12.1. The van der Waals surface area contributed by atoms with Crippen molar-refractivity contribution >= 4 is 34.4 Å². The zero-order chi connectivity index (χ0) is 20.1. The van der Waals surface area contributed by atoms with Crippen molar-refractivity contribution in [3.63, 3.8) is 0 Å². The number of amides is 1. The average molecular weight is 402 g/mol. The van der Waals surface area contributed by atoms with Crippen LogP contribution in [0.1, 0.15) is 24.3 Å². The molecule has 0 saturated carbocycles. The van der Waals surface area contributed by atoms with Crippen molar-refractivity contribution in [3.05, 3.63) is 64.9 Å². The second kappa shape index (κ2) is 8.80. The highest BCUT2D eigenvalue weighted by Gasteiger charge is 2.16. The molecule has 0 unspecified atom stereocenters. The zero-order valence-electron chi connectivity index (χ0n) is 15.5. The first kappa shape index (κ1) is 19.8. The summed E-state index contributed by atoms with van der Waals surface area (Å²) in [7, 11) is 1.50. The third-order valence-corrected chi connectivity index (χ3v) is 4.43. The molecular weight excluding hydrogens is 382 g/mol. The van der Waals surface area contributed by atoms with Crippen LogP contribution < -0.4 is 10.1 Å². The molecule has 1 aromatic heterocycles. The molecule has 0 aliphatic carbocycles. The lowest BCUT2D eigenvalue weighted by Gasteiger charge is -2.12. The Balaban J connectivity index is 1.52. The van der Waals surface area contributed by atoms with E-state index in [0.29, 0.717) is 22.1 Å². The summed E-state index contributed by atoms with van der Waals surface area (Å²) in [6.07, 6.45) is -0.0455. The van der Waals surface area contributed by atoms with E-state index in [1.807, 2.05) is 30.3 Å². The van der Waals surface area contributed by atoms with E-state index in [1.165, 1.54) is 7.11 Å². The van der Waals surface area contributed by atoms with Crippen LogP contribution in [0.2, 0.25) is 5.02 Å². The molecule has 1 N–H and O–H groups in total. The number of methoxy groups -OCH3 is 1. The van der Waals surface area contributed by atoms with Crippen molar-refractivity contribution in [1.29, 1.82) is 0 Å². The fraction of sp³-hybridized carbons (Fsp3) is 0.238. The third kappa shape index (κ3) is 4.84. The average Bonchev–Trinajstić information content (AvgIpc) is 3.11. The van der Waals surface area contributed by atoms with Crippen LogP contribution in [-0.2, 0) is 20.7 Å². The highest BCUT2D eigenvalue weighted by molar-refractivity contribution is 6.30. The topological polar surface area (TPSA) is 77.8 Å². The van der Waals surface area contributed by atoms with Gasteiger partial charge in [-0.2, -0.15) is 0 Å². The number of carbonyl (C=O) groups is 2. The van der Waals surface area contributed by atoms with Gasteiger partial charge in [0, 0.05) is 16.0 Å². The van der Waals surface area contributed by atoms with Crippen molar-refractivity contribution in [2.24, 2.45) is 0 Å². The number of nitrogens with one attached hydrogen (secondary N) is 1. The zero-order valence-corrected chi connectivity index (χ0v) is 16.3. The van der Waals surface area contributed by atoms with Gasteiger partial charge in [-0.3, -0.25) is 9.59 Å². The number of furan rings is 1. The normalized spacial score (nSPS) is 11.8. The number of hydrogen-bond acceptors (Lipinski definition) is 5. The van der Waals surface area contributed by atoms with Crippen LogP contribution in [0.25, 0.3) is 11.0 Å². The Kier molecular flexibility index (Phi) is 6.21. The first-order valence-corrected chi connectivity index (χ1v) is 9.10. The quantitative estimate of drug-likeness (QED) is 0.604. The van der Waals surface area contributed by atoms with E-state index in [4.69, 9.17) is 25.5 Å². The Morgan fingerprint density at radius 2 is 1.96 bits per heavy atom. The summed E-state index contributed by atoms with van der Waals surface area (Å²) in [5.74, 6) is 0.195. The molecule has 28 heavy (non-hydrogen) atoms. The Hall–Kier alpha value is -2.99. The predicted molar refractivity (Wildman–Crippen MR) is 105 cm³/mol. The van der Waals surface area contributed by atoms with E-state index >= 15 is 0 Å². The molecule has 6 nitrogen and oxygen atoms in total. The number of rotatable bonds is 7. The fourth-order valence-corrected chi connectivity index (χ4v) is 3.00. The number of halogens is 1. The van der Waals surface area contributed by atoms with Crippen LogP contribution in [0.4, 0.5) is 0 Å². The van der Waals surface area contributed by atoms with Gasteiger partial charge in [-0.15, -0.1) is 0 Å². The molecule has 0 bridgehead atoms. The first-order chi connectivity index (χ1) is 13.5. The van der Waals surface area contributed by atoms with E-state index in [1.54, 1.807) is 25.1 Å². The summed E-state index contributed by atoms with van der Waals surface area (Å²) >= 11 is 5.95. The van der Waals surface area contributed by atoms with E-state index in [-0.39, 0.29) is 19.1 Å². The van der Waals surface area contributed by atoms with Gasteiger partial charge in [0.1, 0.15) is 17.1 Å². The van der Waals surface area contributed by atoms with Gasteiger partial charge >= 0.3 is 5.97 Å². The summed E-state index contributed by atoms with van der Waals surface area (Å²) in [4.78, 5) is 24.2. The van der Waals surface area contributed by atoms with Crippen molar-refractivity contribution in [3.8, 4) is 5.75 Å². The van der Waals surface area contributed by atoms with Crippen molar-refractivity contribution in [1.82, 2.24) is 5.32 Å². The highest BCUT2D eigenvalue weighted by Crippen LogP contribution is 2.24. The van der Waals surface area contributed by atoms with E-state index in [0.717, 1.165) is 11.0 Å². The number of fused-ring (bicyclic) bond motifs is 1. The van der Waals surface area contributed by atoms with Crippen LogP contribution in [0.15, 0.2) is 52.9 Å². The third-order valence-electron chi connectivity index (χ3n) is 4.19. The number of benzene rings is 2. The highest BCUT2D eigenvalue weighted by atomic mass is 35.5. The minimum Gasteiger partial charge on any atom is -0.496 e. The predicted octanol–water partition coefficient (Wildman–Crippen LogP) is 4.06. The maximum Gasteiger partial charge on any atom is 0.310 e. The molecule has 1 atom stereocenters. The molecule has 0 radical (unpaired) electrons. The minimum atomic E-state index is -0.549. The second-order valence-corrected chi connectivity index (χ2v) is 6.71. The van der Waals surface area contributed by atoms with Gasteiger partial charge in [0.05, 0.1) is 19.6 Å². The van der Waals surface area contributed by atoms with Gasteiger partial charge in [-0.05, 0) is 37.3 Å². The minimum absolute atomic E-state index is 0.0455. The molecule has 0 spiro atoms. The fourth-order valence-electron chi connectivity index (χ4n) is 2.81. The molecule has 3 aromatic rings. The SMILES string of the molecule is COc1ccc(Cl)cc1CC(=O)OCC(=O)N[C@@H](C)c1cc2ccccc2o1. The molecule has 0 aliphatic heterocycles. The maximum absolute atomic E-state index is 12.1. The Morgan fingerprint density at radius 3 is 2.71 bits per heavy atom. The van der Waals surface area contributed by atoms with Crippen LogP contribution in [0.5, 0.6) is 5.75 Å². The lowest BCUT2D eigenvalue weighted by atomic mass is 10.1. The Bertz CT molecular complexity index is 964. The lowest BCUT2D eigenvalue weighted by molar-refractivity contribution is -0.148. The van der Waals surface area contributed by atoms with Gasteiger partial charge < -0.3 is 19.2 Å². The molecule has 0 saturated heterocycles. The van der Waals surface area contributed by atoms with Crippen molar-refractivity contribution in [2.45, 2.75) is 19.4 Å². The Labute approximate surface area is 167 Å². The number of hydrogen-bond donors (Lipinski definition) is 1. The van der Waals surface area contributed by atoms with E-state index in [2.05, 4.69) is 5.32 Å². The van der Waals surface area contributed by atoms with Crippen molar-refractivity contribution in [2.75, 3.05) is 13.7 Å². The number of esters is 1. The van der Waals surface area contributed by atoms with Gasteiger partial charge in [0.2, 0.25) is 0 Å². The molecule has 3 rings (SSSR count). The van der Waals surface area contributed by atoms with Crippen molar-refractivity contribution < 1.29 is 23.5 Å². The van der Waals surface area contributed by atoms with Gasteiger partial charge in [0.15, 0.2) is 6.61 Å². The van der Waals surface area contributed by atoms with Gasteiger partial charge in [0.25, 0.3) is 5.91 Å². The molecular formula is C21H20ClNO5. The summed E-state index contributed by atoms with van der Waals surface area (Å²) < 4.78 is 16.0. The molecule has 2 aromatic carbocycles. The van der Waals surface area contributed by atoms with Crippen LogP contribution in [-0.4, -0.2) is 25.6 Å². The Morgan fingerprint density at radius 1 is 1.18 bits per heavy atom. The summed E-state index contributed by atoms with van der Waals surface area (Å²) in [5.41, 5.74) is 1.34. The molecule has 1 heterocycles. The van der Waals surface area contributed by atoms with E-state index < -0.39 is 11.9 Å². The largest absolute Gasteiger partial charge is 0.496 e. The standard InChI is InChI=1S/C21H20ClNO5/c1-13(19-10-14-5-3-4-6-18(14)28-19)23-20(24)12-27-21(25)11-15-9-16(22)7-8-17(15)26-2/h3-10,13H,11-12H2,1-2H3,(H,23,24)/t13-/m0/s1. The van der Waals surface area contributed by atoms with Gasteiger partial charge in [-0.25, -0.2) is 0 Å². The summed E-state index contributed by atoms with van der Waals surface area (Å²) in [6, 6.07) is 14.1. The summed E-state index contributed by atoms with van der Waals surface area (Å²) in [5, 5.41) is 4.20. The monoisotopic (exact) mass is 401 g/mol. The molecule has 0 fully saturated rings. The van der Waals surface area contributed by atoms with Crippen LogP contribution in [0.3, 0.4) is 0 Å². The van der Waals surface area contributed by atoms with E-state index in [9.17, 15) is 9.59 Å². The number of carbonyl (C=O) groups excluding carboxylic acids is 2. The number of ether oxygens (including phenoxy) is 2. The smallest absolute Gasteiger partial charge is 0.310 e. The molecule has 146 valence electrons. The van der Waals surface area contributed by atoms with Gasteiger partial charge in [-0.1, -0.05) is 29.8 Å². The molecule has 7 heteroatoms. The first-order valence-electron chi connectivity index (χ1n) is 8.72. The number of para-hydroxylation sites is 1. The second-order valence-electron chi connectivity index (χ2n) is 6.27. The lowest BCUT2D eigenvalue weighted by Crippen LogP contribution is -2.31. The molecule has 1 amide bonds.